The molecule has 1 N–H and O–H groups in total. The number of carboxylic acid groups (broad SMARTS) is 1. The van der Waals surface area contributed by atoms with E-state index in [9.17, 15) is 4.79 Å². The lowest BCUT2D eigenvalue weighted by Crippen LogP contribution is -2.32. The van der Waals surface area contributed by atoms with Crippen LogP contribution in [0.2, 0.25) is 15.1 Å². The highest BCUT2D eigenvalue weighted by Gasteiger charge is 2.41. The quantitative estimate of drug-likeness (QED) is 0.312. The molecule has 0 bridgehead atoms. The van der Waals surface area contributed by atoms with E-state index >= 15 is 0 Å². The van der Waals surface area contributed by atoms with Crippen LogP contribution in [0.25, 0.3) is 0 Å². The summed E-state index contributed by atoms with van der Waals surface area (Å²) in [4.78, 5) is 11.2. The molecule has 0 radical (unpaired) electrons. The number of aliphatic carboxylic acids is 1. The smallest absolute Gasteiger partial charge is 0.341 e. The maximum Gasteiger partial charge on any atom is 0.341 e. The number of rotatable bonds is 7. The molecule has 4 nitrogen and oxygen atoms in total. The topological polar surface area (TPSA) is 55.8 Å². The Hall–Kier alpha value is -2.50. The van der Waals surface area contributed by atoms with Crippen molar-refractivity contribution >= 4 is 40.8 Å². The van der Waals surface area contributed by atoms with Crippen LogP contribution in [0.15, 0.2) is 78.9 Å². The maximum absolute atomic E-state index is 11.2. The average Bonchev–Trinajstić information content (AvgIpc) is 2.83. The molecule has 3 aromatic carbocycles. The SMILES string of the molecule is C=C(C)[C@H]1C[C@H](c2cccc(Cl)c2)[C@H](c2ccc(Cl)cc2)O[C@@H]1c1cc(Cl)ccc1OCC(=O)O. The molecule has 3 aromatic rings. The Morgan fingerprint density at radius 1 is 0.971 bits per heavy atom. The lowest BCUT2D eigenvalue weighted by atomic mass is 9.74. The van der Waals surface area contributed by atoms with Gasteiger partial charge in [-0.1, -0.05) is 71.2 Å². The van der Waals surface area contributed by atoms with Gasteiger partial charge in [0, 0.05) is 32.5 Å². The molecule has 0 saturated carbocycles. The molecule has 7 heteroatoms. The van der Waals surface area contributed by atoms with Crippen molar-refractivity contribution in [1.82, 2.24) is 0 Å². The number of carboxylic acids is 1. The van der Waals surface area contributed by atoms with Gasteiger partial charge in [-0.25, -0.2) is 4.79 Å². The second kappa shape index (κ2) is 11.0. The largest absolute Gasteiger partial charge is 0.482 e. The highest BCUT2D eigenvalue weighted by Crippen LogP contribution is 2.53. The third kappa shape index (κ3) is 6.02. The normalized spacial score (nSPS) is 21.9. The Kier molecular flexibility index (Phi) is 8.08. The van der Waals surface area contributed by atoms with Gasteiger partial charge in [0.25, 0.3) is 0 Å². The molecule has 182 valence electrons. The second-order valence-electron chi connectivity index (χ2n) is 8.74. The summed E-state index contributed by atoms with van der Waals surface area (Å²) in [6.07, 6.45) is -0.0397. The Labute approximate surface area is 220 Å². The monoisotopic (exact) mass is 530 g/mol. The third-order valence-electron chi connectivity index (χ3n) is 6.27. The zero-order chi connectivity index (χ0) is 25.1. The summed E-state index contributed by atoms with van der Waals surface area (Å²) in [5, 5.41) is 11.0. The van der Waals surface area contributed by atoms with Crippen molar-refractivity contribution in [2.45, 2.75) is 31.5 Å². The first-order chi connectivity index (χ1) is 16.7. The molecular weight excluding hydrogens is 507 g/mol. The Morgan fingerprint density at radius 3 is 2.31 bits per heavy atom. The van der Waals surface area contributed by atoms with E-state index in [1.807, 2.05) is 49.4 Å². The van der Waals surface area contributed by atoms with E-state index in [4.69, 9.17) is 49.4 Å². The van der Waals surface area contributed by atoms with Crippen molar-refractivity contribution in [3.8, 4) is 5.75 Å². The lowest BCUT2D eigenvalue weighted by Gasteiger charge is -2.43. The highest BCUT2D eigenvalue weighted by molar-refractivity contribution is 6.31. The van der Waals surface area contributed by atoms with Crippen LogP contribution in [0.1, 0.15) is 48.2 Å². The van der Waals surface area contributed by atoms with E-state index in [-0.39, 0.29) is 17.9 Å². The zero-order valence-electron chi connectivity index (χ0n) is 19.1. The predicted octanol–water partition coefficient (Wildman–Crippen LogP) is 8.29. The molecular formula is C28H25Cl3O4. The second-order valence-corrected chi connectivity index (χ2v) is 10.1. The van der Waals surface area contributed by atoms with Crippen molar-refractivity contribution in [2.75, 3.05) is 6.61 Å². The van der Waals surface area contributed by atoms with Gasteiger partial charge in [-0.3, -0.25) is 0 Å². The van der Waals surface area contributed by atoms with Crippen LogP contribution in [0.5, 0.6) is 5.75 Å². The summed E-state index contributed by atoms with van der Waals surface area (Å²) in [6.45, 7) is 5.75. The molecule has 4 atom stereocenters. The summed E-state index contributed by atoms with van der Waals surface area (Å²) in [6, 6.07) is 20.5. The number of benzene rings is 3. The van der Waals surface area contributed by atoms with Crippen LogP contribution < -0.4 is 4.74 Å². The molecule has 1 fully saturated rings. The first kappa shape index (κ1) is 25.6. The highest BCUT2D eigenvalue weighted by atomic mass is 35.5. The number of carbonyl (C=O) groups is 1. The van der Waals surface area contributed by atoms with Crippen molar-refractivity contribution in [3.05, 3.63) is 111 Å². The molecule has 1 saturated heterocycles. The molecule has 0 aromatic heterocycles. The summed E-state index contributed by atoms with van der Waals surface area (Å²) in [7, 11) is 0. The van der Waals surface area contributed by atoms with Crippen LogP contribution in [-0.4, -0.2) is 17.7 Å². The maximum atomic E-state index is 11.2. The Bertz CT molecular complexity index is 1230. The van der Waals surface area contributed by atoms with E-state index in [1.165, 1.54) is 0 Å². The Balaban J connectivity index is 1.81. The van der Waals surface area contributed by atoms with Crippen LogP contribution in [0.3, 0.4) is 0 Å². The lowest BCUT2D eigenvalue weighted by molar-refractivity contribution is -0.139. The van der Waals surface area contributed by atoms with E-state index in [0.29, 0.717) is 26.4 Å². The summed E-state index contributed by atoms with van der Waals surface area (Å²) in [5.74, 6) is -0.723. The van der Waals surface area contributed by atoms with Crippen molar-refractivity contribution in [3.63, 3.8) is 0 Å². The van der Waals surface area contributed by atoms with Gasteiger partial charge in [0.15, 0.2) is 6.61 Å². The fourth-order valence-electron chi connectivity index (χ4n) is 4.64. The molecule has 1 aliphatic rings. The first-order valence-corrected chi connectivity index (χ1v) is 12.3. The van der Waals surface area contributed by atoms with E-state index in [1.54, 1.807) is 18.2 Å². The minimum absolute atomic E-state index is 0.00426. The van der Waals surface area contributed by atoms with Crippen molar-refractivity contribution in [2.24, 2.45) is 5.92 Å². The van der Waals surface area contributed by atoms with Gasteiger partial charge in [-0.05, 0) is 66.9 Å². The van der Waals surface area contributed by atoms with Gasteiger partial charge in [0.2, 0.25) is 0 Å². The summed E-state index contributed by atoms with van der Waals surface area (Å²) >= 11 is 18.9. The molecule has 0 aliphatic carbocycles. The molecule has 0 unspecified atom stereocenters. The van der Waals surface area contributed by atoms with Gasteiger partial charge in [-0.15, -0.1) is 0 Å². The van der Waals surface area contributed by atoms with Crippen LogP contribution >= 0.6 is 34.8 Å². The van der Waals surface area contributed by atoms with Gasteiger partial charge in [0.05, 0.1) is 12.2 Å². The van der Waals surface area contributed by atoms with Crippen LogP contribution in [0.4, 0.5) is 0 Å². The molecule has 0 amide bonds. The minimum Gasteiger partial charge on any atom is -0.482 e. The van der Waals surface area contributed by atoms with Gasteiger partial charge >= 0.3 is 5.97 Å². The summed E-state index contributed by atoms with van der Waals surface area (Å²) in [5.41, 5.74) is 3.67. The van der Waals surface area contributed by atoms with Gasteiger partial charge in [0.1, 0.15) is 5.75 Å². The minimum atomic E-state index is -1.06. The van der Waals surface area contributed by atoms with Crippen molar-refractivity contribution in [1.29, 1.82) is 0 Å². The number of ether oxygens (including phenoxy) is 2. The van der Waals surface area contributed by atoms with Crippen molar-refractivity contribution < 1.29 is 19.4 Å². The fourth-order valence-corrected chi connectivity index (χ4v) is 5.15. The van der Waals surface area contributed by atoms with Gasteiger partial charge in [-0.2, -0.15) is 0 Å². The van der Waals surface area contributed by atoms with Crippen LogP contribution in [-0.2, 0) is 9.53 Å². The summed E-state index contributed by atoms with van der Waals surface area (Å²) < 4.78 is 12.5. The van der Waals surface area contributed by atoms with E-state index in [0.717, 1.165) is 23.1 Å². The number of halogens is 3. The fraction of sp³-hybridized carbons (Fsp3) is 0.250. The molecule has 4 rings (SSSR count). The van der Waals surface area contributed by atoms with E-state index in [2.05, 4.69) is 12.6 Å². The van der Waals surface area contributed by atoms with Crippen LogP contribution in [0, 0.1) is 5.92 Å². The molecule has 0 spiro atoms. The van der Waals surface area contributed by atoms with E-state index < -0.39 is 18.7 Å². The first-order valence-electron chi connectivity index (χ1n) is 11.2. The van der Waals surface area contributed by atoms with Gasteiger partial charge < -0.3 is 14.6 Å². The molecule has 1 aliphatic heterocycles. The third-order valence-corrected chi connectivity index (χ3v) is 6.99. The predicted molar refractivity (Wildman–Crippen MR) is 140 cm³/mol. The number of hydrogen-bond acceptors (Lipinski definition) is 3. The average molecular weight is 532 g/mol. The number of hydrogen-bond donors (Lipinski definition) is 1. The zero-order valence-corrected chi connectivity index (χ0v) is 21.4. The Morgan fingerprint density at radius 2 is 1.66 bits per heavy atom. The standard InChI is InChI=1S/C28H25Cl3O4/c1-16(2)22-14-23(18-4-3-5-20(30)12-18)27(17-6-8-19(29)9-7-17)35-28(22)24-13-21(31)10-11-25(24)34-15-26(32)33/h3-13,22-23,27-28H,1,14-15H2,2H3,(H,32,33)/t22-,23-,27+,28+/m1/s1. The molecule has 1 heterocycles. The molecule has 35 heavy (non-hydrogen) atoms.